The summed E-state index contributed by atoms with van der Waals surface area (Å²) in [5, 5.41) is 0. The number of carbonyl (C=O) groups is 1. The summed E-state index contributed by atoms with van der Waals surface area (Å²) in [5.41, 5.74) is 0. The lowest BCUT2D eigenvalue weighted by atomic mass is 10.1. The monoisotopic (exact) mass is 144 g/mol. The predicted octanol–water partition coefficient (Wildman–Crippen LogP) is 1.78. The molecule has 2 nitrogen and oxygen atoms in total. The second kappa shape index (κ2) is 5.42. The summed E-state index contributed by atoms with van der Waals surface area (Å²) in [6.45, 7) is 6.33. The molecule has 1 heterocycles. The highest BCUT2D eigenvalue weighted by molar-refractivity contribution is 5.80. The predicted molar refractivity (Wildman–Crippen MR) is 41.0 cm³/mol. The molecule has 0 saturated carbocycles. The number of hydrogen-bond acceptors (Lipinski definition) is 2. The summed E-state index contributed by atoms with van der Waals surface area (Å²) in [7, 11) is 0. The summed E-state index contributed by atoms with van der Waals surface area (Å²) < 4.78 is 5.04. The topological polar surface area (TPSA) is 26.3 Å². The van der Waals surface area contributed by atoms with E-state index in [9.17, 15) is 4.79 Å². The normalized spacial score (nSPS) is 25.1. The molecule has 1 unspecified atom stereocenters. The van der Waals surface area contributed by atoms with Gasteiger partial charge in [0.1, 0.15) is 6.61 Å². The van der Waals surface area contributed by atoms with Crippen LogP contribution in [0, 0.1) is 0 Å². The minimum absolute atomic E-state index is 0.239. The SMILES string of the molecule is CC.CC1CCC(=O)CO1. The Morgan fingerprint density at radius 1 is 1.50 bits per heavy atom. The van der Waals surface area contributed by atoms with Gasteiger partial charge in [0.25, 0.3) is 0 Å². The van der Waals surface area contributed by atoms with Crippen LogP contribution in [0.4, 0.5) is 0 Å². The maximum absolute atomic E-state index is 10.5. The molecule has 1 rings (SSSR count). The van der Waals surface area contributed by atoms with Crippen molar-refractivity contribution in [3.05, 3.63) is 0 Å². The Bertz CT molecular complexity index is 89.4. The van der Waals surface area contributed by atoms with Gasteiger partial charge in [-0.15, -0.1) is 0 Å². The van der Waals surface area contributed by atoms with Crippen LogP contribution < -0.4 is 0 Å². The quantitative estimate of drug-likeness (QED) is 0.518. The first-order chi connectivity index (χ1) is 4.79. The Morgan fingerprint density at radius 2 is 2.10 bits per heavy atom. The summed E-state index contributed by atoms with van der Waals surface area (Å²) in [5.74, 6) is 0.239. The highest BCUT2D eigenvalue weighted by atomic mass is 16.5. The van der Waals surface area contributed by atoms with Crippen molar-refractivity contribution >= 4 is 5.78 Å². The lowest BCUT2D eigenvalue weighted by Crippen LogP contribution is -2.22. The molecule has 0 aromatic carbocycles. The fraction of sp³-hybridized carbons (Fsp3) is 0.875. The van der Waals surface area contributed by atoms with Crippen LogP contribution in [-0.4, -0.2) is 18.5 Å². The maximum Gasteiger partial charge on any atom is 0.158 e. The van der Waals surface area contributed by atoms with E-state index in [1.54, 1.807) is 0 Å². The van der Waals surface area contributed by atoms with Gasteiger partial charge in [0.05, 0.1) is 6.10 Å². The standard InChI is InChI=1S/C6H10O2.C2H6/c1-5-2-3-6(7)4-8-5;1-2/h5H,2-4H2,1H3;1-2H3. The Labute approximate surface area is 62.6 Å². The van der Waals surface area contributed by atoms with Crippen LogP contribution >= 0.6 is 0 Å². The lowest BCUT2D eigenvalue weighted by molar-refractivity contribution is -0.130. The second-order valence-electron chi connectivity index (χ2n) is 2.20. The van der Waals surface area contributed by atoms with E-state index in [4.69, 9.17) is 4.74 Å². The van der Waals surface area contributed by atoms with E-state index in [2.05, 4.69) is 0 Å². The first kappa shape index (κ1) is 9.63. The van der Waals surface area contributed by atoms with Crippen molar-refractivity contribution in [3.8, 4) is 0 Å². The molecule has 0 amide bonds. The molecule has 60 valence electrons. The van der Waals surface area contributed by atoms with Gasteiger partial charge < -0.3 is 4.74 Å². The molecule has 0 radical (unpaired) electrons. The molecule has 2 heteroatoms. The van der Waals surface area contributed by atoms with Gasteiger partial charge in [-0.1, -0.05) is 13.8 Å². The van der Waals surface area contributed by atoms with Crippen molar-refractivity contribution in [1.82, 2.24) is 0 Å². The van der Waals surface area contributed by atoms with Crippen LogP contribution in [0.2, 0.25) is 0 Å². The number of Topliss-reactive ketones (excluding diaryl/α,β-unsaturated/α-hetero) is 1. The fourth-order valence-electron chi connectivity index (χ4n) is 0.755. The van der Waals surface area contributed by atoms with E-state index in [-0.39, 0.29) is 5.78 Å². The van der Waals surface area contributed by atoms with E-state index in [0.717, 1.165) is 6.42 Å². The molecule has 1 aliphatic rings. The largest absolute Gasteiger partial charge is 0.371 e. The highest BCUT2D eigenvalue weighted by Gasteiger charge is 2.13. The molecule has 1 aliphatic heterocycles. The Balaban J connectivity index is 0.000000371. The van der Waals surface area contributed by atoms with E-state index in [1.807, 2.05) is 20.8 Å². The molecule has 0 bridgehead atoms. The van der Waals surface area contributed by atoms with E-state index in [1.165, 1.54) is 0 Å². The zero-order valence-corrected chi connectivity index (χ0v) is 7.02. The number of carbonyl (C=O) groups excluding carboxylic acids is 1. The average molecular weight is 144 g/mol. The third kappa shape index (κ3) is 3.62. The average Bonchev–Trinajstić information content (AvgIpc) is 2.00. The number of rotatable bonds is 0. The Morgan fingerprint density at radius 3 is 2.40 bits per heavy atom. The summed E-state index contributed by atoms with van der Waals surface area (Å²) in [4.78, 5) is 10.5. The Hall–Kier alpha value is -0.370. The van der Waals surface area contributed by atoms with Crippen LogP contribution in [0.25, 0.3) is 0 Å². The highest BCUT2D eigenvalue weighted by Crippen LogP contribution is 2.07. The molecule has 1 atom stereocenters. The lowest BCUT2D eigenvalue weighted by Gasteiger charge is -2.16. The summed E-state index contributed by atoms with van der Waals surface area (Å²) in [6.07, 6.45) is 1.91. The van der Waals surface area contributed by atoms with Gasteiger partial charge in [0.15, 0.2) is 5.78 Å². The molecular weight excluding hydrogens is 128 g/mol. The summed E-state index contributed by atoms with van der Waals surface area (Å²) in [6, 6.07) is 0. The van der Waals surface area contributed by atoms with Crippen molar-refractivity contribution < 1.29 is 9.53 Å². The molecule has 0 spiro atoms. The smallest absolute Gasteiger partial charge is 0.158 e. The Kier molecular flexibility index (Phi) is 5.22. The molecule has 1 fully saturated rings. The van der Waals surface area contributed by atoms with Crippen LogP contribution in [0.15, 0.2) is 0 Å². The zero-order chi connectivity index (χ0) is 7.98. The van der Waals surface area contributed by atoms with E-state index >= 15 is 0 Å². The van der Waals surface area contributed by atoms with Gasteiger partial charge >= 0.3 is 0 Å². The maximum atomic E-state index is 10.5. The number of ether oxygens (including phenoxy) is 1. The molecule has 0 aliphatic carbocycles. The van der Waals surface area contributed by atoms with Gasteiger partial charge in [0, 0.05) is 6.42 Å². The van der Waals surface area contributed by atoms with Gasteiger partial charge in [0.2, 0.25) is 0 Å². The van der Waals surface area contributed by atoms with Crippen LogP contribution in [-0.2, 0) is 9.53 Å². The number of ketones is 1. The van der Waals surface area contributed by atoms with Crippen LogP contribution in [0.3, 0.4) is 0 Å². The summed E-state index contributed by atoms with van der Waals surface area (Å²) >= 11 is 0. The number of hydrogen-bond donors (Lipinski definition) is 0. The van der Waals surface area contributed by atoms with Crippen molar-refractivity contribution in [2.24, 2.45) is 0 Å². The minimum atomic E-state index is 0.239. The van der Waals surface area contributed by atoms with E-state index < -0.39 is 0 Å². The first-order valence-electron chi connectivity index (χ1n) is 3.92. The van der Waals surface area contributed by atoms with Gasteiger partial charge in [-0.25, -0.2) is 0 Å². The third-order valence-electron chi connectivity index (χ3n) is 1.36. The van der Waals surface area contributed by atoms with Crippen molar-refractivity contribution in [1.29, 1.82) is 0 Å². The van der Waals surface area contributed by atoms with Crippen molar-refractivity contribution in [2.75, 3.05) is 6.61 Å². The van der Waals surface area contributed by atoms with Crippen molar-refractivity contribution in [3.63, 3.8) is 0 Å². The third-order valence-corrected chi connectivity index (χ3v) is 1.36. The molecule has 1 saturated heterocycles. The minimum Gasteiger partial charge on any atom is -0.371 e. The molecular formula is C8H16O2. The van der Waals surface area contributed by atoms with Gasteiger partial charge in [-0.05, 0) is 13.3 Å². The molecule has 0 aromatic heterocycles. The second-order valence-corrected chi connectivity index (χ2v) is 2.20. The fourth-order valence-corrected chi connectivity index (χ4v) is 0.755. The van der Waals surface area contributed by atoms with Crippen molar-refractivity contribution in [2.45, 2.75) is 39.7 Å². The van der Waals surface area contributed by atoms with Gasteiger partial charge in [-0.3, -0.25) is 4.79 Å². The van der Waals surface area contributed by atoms with Gasteiger partial charge in [-0.2, -0.15) is 0 Å². The zero-order valence-electron chi connectivity index (χ0n) is 7.02. The van der Waals surface area contributed by atoms with E-state index in [0.29, 0.717) is 19.1 Å². The van der Waals surface area contributed by atoms with Crippen LogP contribution in [0.1, 0.15) is 33.6 Å². The molecule has 0 N–H and O–H groups in total. The first-order valence-corrected chi connectivity index (χ1v) is 3.92. The van der Waals surface area contributed by atoms with Crippen LogP contribution in [0.5, 0.6) is 0 Å². The molecule has 0 aromatic rings. The molecule has 10 heavy (non-hydrogen) atoms.